The molecule has 0 aliphatic heterocycles. The van der Waals surface area contributed by atoms with Gasteiger partial charge in [-0.15, -0.1) is 0 Å². The van der Waals surface area contributed by atoms with Crippen molar-refractivity contribution in [2.45, 2.75) is 58.9 Å². The van der Waals surface area contributed by atoms with Gasteiger partial charge >= 0.3 is 5.97 Å². The molecule has 0 amide bonds. The number of thioether (sulfide) groups is 1. The number of rotatable bonds is 6. The molecule has 0 spiro atoms. The van der Waals surface area contributed by atoms with E-state index in [1.165, 1.54) is 0 Å². The number of aromatic hydroxyl groups is 1. The highest BCUT2D eigenvalue weighted by atomic mass is 32.2. The summed E-state index contributed by atoms with van der Waals surface area (Å²) in [6, 6.07) is 3.92. The van der Waals surface area contributed by atoms with E-state index in [1.807, 2.05) is 6.26 Å². The van der Waals surface area contributed by atoms with Crippen LogP contribution in [0.15, 0.2) is 23.9 Å². The number of hydrogen-bond acceptors (Lipinski definition) is 4. The molecule has 0 radical (unpaired) electrons. The van der Waals surface area contributed by atoms with Gasteiger partial charge in [0, 0.05) is 17.9 Å². The molecule has 3 N–H and O–H groups in total. The van der Waals surface area contributed by atoms with Gasteiger partial charge in [-0.05, 0) is 40.4 Å². The Bertz CT molecular complexity index is 652. The van der Waals surface area contributed by atoms with Crippen molar-refractivity contribution < 1.29 is 15.0 Å². The van der Waals surface area contributed by atoms with Crippen molar-refractivity contribution in [3.05, 3.63) is 40.6 Å². The molecule has 0 unspecified atom stereocenters. The fourth-order valence-electron chi connectivity index (χ4n) is 2.53. The Hall–Kier alpha value is -1.62. The molecule has 0 saturated heterocycles. The van der Waals surface area contributed by atoms with Crippen molar-refractivity contribution in [3.8, 4) is 5.75 Å². The minimum absolute atomic E-state index is 0.0755. The number of benzene rings is 1. The zero-order valence-electron chi connectivity index (χ0n) is 16.4. The Morgan fingerprint density at radius 3 is 2.20 bits per heavy atom. The standard InChI is InChI=1S/C20H31NO3S/c1-19(2,3)13-10-15(20(4,5)6)14(17(22)11-13)12-21-16(18(23)24)8-9-25-7/h8,10-11,21-22H,9,12H2,1-7H3,(H,23,24)/b16-8-. The fraction of sp³-hybridized carbons (Fsp3) is 0.550. The molecule has 1 rings (SSSR count). The lowest BCUT2D eigenvalue weighted by molar-refractivity contribution is -0.133. The first-order chi connectivity index (χ1) is 11.4. The number of carboxylic acid groups (broad SMARTS) is 1. The Balaban J connectivity index is 3.28. The zero-order valence-corrected chi connectivity index (χ0v) is 17.2. The lowest BCUT2D eigenvalue weighted by Gasteiger charge is -2.28. The van der Waals surface area contributed by atoms with Crippen LogP contribution >= 0.6 is 11.8 Å². The van der Waals surface area contributed by atoms with Crippen molar-refractivity contribution in [1.82, 2.24) is 5.32 Å². The maximum Gasteiger partial charge on any atom is 0.351 e. The minimum atomic E-state index is -0.989. The van der Waals surface area contributed by atoms with E-state index in [-0.39, 0.29) is 28.8 Å². The van der Waals surface area contributed by atoms with E-state index < -0.39 is 5.97 Å². The van der Waals surface area contributed by atoms with Crippen LogP contribution in [0, 0.1) is 0 Å². The average Bonchev–Trinajstić information content (AvgIpc) is 2.45. The van der Waals surface area contributed by atoms with Crippen molar-refractivity contribution in [2.75, 3.05) is 12.0 Å². The first-order valence-corrected chi connectivity index (χ1v) is 9.80. The van der Waals surface area contributed by atoms with Gasteiger partial charge in [-0.3, -0.25) is 0 Å². The molecular formula is C20H31NO3S. The number of nitrogens with one attached hydrogen (secondary N) is 1. The maximum atomic E-state index is 11.4. The number of aliphatic carboxylic acids is 1. The number of carbonyl (C=O) groups is 1. The van der Waals surface area contributed by atoms with Crippen LogP contribution < -0.4 is 5.32 Å². The van der Waals surface area contributed by atoms with Gasteiger partial charge in [0.15, 0.2) is 0 Å². The lowest BCUT2D eigenvalue weighted by atomic mass is 9.78. The van der Waals surface area contributed by atoms with Gasteiger partial charge in [0.05, 0.1) is 0 Å². The Labute approximate surface area is 155 Å². The Morgan fingerprint density at radius 1 is 1.16 bits per heavy atom. The predicted molar refractivity (Wildman–Crippen MR) is 106 cm³/mol. The average molecular weight is 366 g/mol. The number of phenols is 1. The Kier molecular flexibility index (Phi) is 7.00. The number of phenolic OH excluding ortho intramolecular Hbond substituents is 1. The quantitative estimate of drug-likeness (QED) is 0.652. The van der Waals surface area contributed by atoms with Crippen molar-refractivity contribution in [3.63, 3.8) is 0 Å². The highest BCUT2D eigenvalue weighted by Crippen LogP contribution is 2.36. The first kappa shape index (κ1) is 21.4. The topological polar surface area (TPSA) is 69.6 Å². The SMILES string of the molecule is CSC/C=C(\NCc1c(O)cc(C(C)(C)C)cc1C(C)(C)C)C(=O)O. The van der Waals surface area contributed by atoms with E-state index in [2.05, 4.69) is 52.9 Å². The third-order valence-electron chi connectivity index (χ3n) is 4.04. The summed E-state index contributed by atoms with van der Waals surface area (Å²) in [6.07, 6.45) is 3.58. The molecule has 0 heterocycles. The van der Waals surface area contributed by atoms with Crippen LogP contribution in [0.25, 0.3) is 0 Å². The molecular weight excluding hydrogens is 334 g/mol. The van der Waals surface area contributed by atoms with Crippen LogP contribution in [0.3, 0.4) is 0 Å². The van der Waals surface area contributed by atoms with E-state index >= 15 is 0 Å². The molecule has 0 saturated carbocycles. The number of hydrogen-bond donors (Lipinski definition) is 3. The van der Waals surface area contributed by atoms with Gasteiger partial charge in [0.2, 0.25) is 0 Å². The van der Waals surface area contributed by atoms with E-state index in [0.717, 1.165) is 16.7 Å². The van der Waals surface area contributed by atoms with Crippen LogP contribution in [-0.4, -0.2) is 28.2 Å². The van der Waals surface area contributed by atoms with Gasteiger partial charge in [-0.25, -0.2) is 4.79 Å². The minimum Gasteiger partial charge on any atom is -0.508 e. The third-order valence-corrected chi connectivity index (χ3v) is 4.54. The summed E-state index contributed by atoms with van der Waals surface area (Å²) in [6.45, 7) is 12.9. The highest BCUT2D eigenvalue weighted by molar-refractivity contribution is 7.98. The van der Waals surface area contributed by atoms with E-state index in [1.54, 1.807) is 23.9 Å². The molecule has 25 heavy (non-hydrogen) atoms. The van der Waals surface area contributed by atoms with Gasteiger partial charge in [-0.1, -0.05) is 47.6 Å². The van der Waals surface area contributed by atoms with Crippen LogP contribution in [0.5, 0.6) is 5.75 Å². The zero-order chi connectivity index (χ0) is 19.4. The Morgan fingerprint density at radius 2 is 1.76 bits per heavy atom. The van der Waals surface area contributed by atoms with Gasteiger partial charge < -0.3 is 15.5 Å². The van der Waals surface area contributed by atoms with Crippen molar-refractivity contribution in [2.24, 2.45) is 0 Å². The third kappa shape index (κ3) is 5.99. The summed E-state index contributed by atoms with van der Waals surface area (Å²) in [5, 5.41) is 22.9. The van der Waals surface area contributed by atoms with Crippen molar-refractivity contribution in [1.29, 1.82) is 0 Å². The molecule has 0 atom stereocenters. The molecule has 5 heteroatoms. The molecule has 1 aromatic rings. The molecule has 4 nitrogen and oxygen atoms in total. The maximum absolute atomic E-state index is 11.4. The van der Waals surface area contributed by atoms with Gasteiger partial charge in [0.1, 0.15) is 11.4 Å². The second-order valence-electron chi connectivity index (χ2n) is 8.25. The summed E-state index contributed by atoms with van der Waals surface area (Å²) in [7, 11) is 0. The summed E-state index contributed by atoms with van der Waals surface area (Å²) in [5.41, 5.74) is 2.76. The van der Waals surface area contributed by atoms with E-state index in [0.29, 0.717) is 5.75 Å². The lowest BCUT2D eigenvalue weighted by Crippen LogP contribution is -2.24. The normalized spacial score (nSPS) is 13.0. The van der Waals surface area contributed by atoms with Crippen LogP contribution in [0.1, 0.15) is 58.2 Å². The molecule has 140 valence electrons. The van der Waals surface area contributed by atoms with Crippen LogP contribution in [0.4, 0.5) is 0 Å². The van der Waals surface area contributed by atoms with Crippen LogP contribution in [-0.2, 0) is 22.2 Å². The van der Waals surface area contributed by atoms with E-state index in [9.17, 15) is 15.0 Å². The molecule has 0 aromatic heterocycles. The highest BCUT2D eigenvalue weighted by Gasteiger charge is 2.25. The van der Waals surface area contributed by atoms with Crippen LogP contribution in [0.2, 0.25) is 0 Å². The summed E-state index contributed by atoms with van der Waals surface area (Å²) >= 11 is 1.56. The molecule has 0 fully saturated rings. The van der Waals surface area contributed by atoms with Crippen molar-refractivity contribution >= 4 is 17.7 Å². The largest absolute Gasteiger partial charge is 0.508 e. The molecule has 1 aromatic carbocycles. The number of carboxylic acids is 1. The van der Waals surface area contributed by atoms with Gasteiger partial charge in [0.25, 0.3) is 0 Å². The second-order valence-corrected chi connectivity index (χ2v) is 9.16. The first-order valence-electron chi connectivity index (χ1n) is 8.41. The summed E-state index contributed by atoms with van der Waals surface area (Å²) in [4.78, 5) is 11.4. The summed E-state index contributed by atoms with van der Waals surface area (Å²) in [5.74, 6) is -0.160. The van der Waals surface area contributed by atoms with Gasteiger partial charge in [-0.2, -0.15) is 11.8 Å². The fourth-order valence-corrected chi connectivity index (χ4v) is 2.86. The molecule has 0 bridgehead atoms. The molecule has 0 aliphatic carbocycles. The summed E-state index contributed by atoms with van der Waals surface area (Å²) < 4.78 is 0. The smallest absolute Gasteiger partial charge is 0.351 e. The molecule has 0 aliphatic rings. The monoisotopic (exact) mass is 365 g/mol. The second kappa shape index (κ2) is 8.17. The van der Waals surface area contributed by atoms with E-state index in [4.69, 9.17) is 0 Å². The predicted octanol–water partition coefficient (Wildman–Crippen LogP) is 4.41.